The number of halogens is 3. The average Bonchev–Trinajstić information content (AvgIpc) is 1.61. The summed E-state index contributed by atoms with van der Waals surface area (Å²) in [4.78, 5) is 109. The highest BCUT2D eigenvalue weighted by Crippen LogP contribution is 2.45. The molecule has 3 aromatic heterocycles. The Labute approximate surface area is 548 Å². The van der Waals surface area contributed by atoms with Crippen molar-refractivity contribution in [3.05, 3.63) is 253 Å². The quantitative estimate of drug-likeness (QED) is 0.0530. The highest BCUT2D eigenvalue weighted by atomic mass is 79.9. The van der Waals surface area contributed by atoms with E-state index in [4.69, 9.17) is 23.2 Å². The number of non-ortho nitro benzene ring substituents is 2. The van der Waals surface area contributed by atoms with Crippen LogP contribution in [0.3, 0.4) is 0 Å². The largest absolute Gasteiger partial charge is 0.505 e. The van der Waals surface area contributed by atoms with E-state index in [1.54, 1.807) is 48.5 Å². The van der Waals surface area contributed by atoms with Gasteiger partial charge in [0, 0.05) is 70.2 Å². The van der Waals surface area contributed by atoms with Gasteiger partial charge in [0.05, 0.1) is 81.4 Å². The molecule has 16 rings (SSSR count). The lowest BCUT2D eigenvalue weighted by atomic mass is 10.0. The van der Waals surface area contributed by atoms with Gasteiger partial charge in [0.1, 0.15) is 45.6 Å². The SMILES string of the molecule is CN1/C(=C2\C(=O)c3ccccc3N2C)C(=O)c2ccccc21.Cc1ccc2[nH]c(C3=Nc4ccc(Br)c(Cl)c4C3=O)c(O)c2c1Cl.Cc1ccc2c(O)c(C3=Nc4cc([N+](=O)[O-])ccc4C3=O)[nH]c2c1.Cc1ccc2c(c1)C(=O)C(c1[nH]c3ccc([N+](=O)[O-])cc3c1O)=N2. The summed E-state index contributed by atoms with van der Waals surface area (Å²) in [5.41, 5.74) is 11.4. The number of ketones is 5. The number of fused-ring (bicyclic) bond motifs is 8. The summed E-state index contributed by atoms with van der Waals surface area (Å²) in [7, 11) is 3.66. The molecule has 94 heavy (non-hydrogen) atoms. The average molecular weight is 1360 g/mol. The van der Waals surface area contributed by atoms with Gasteiger partial charge in [-0.15, -0.1) is 0 Å². The number of aromatic nitrogens is 3. The van der Waals surface area contributed by atoms with Crippen LogP contribution >= 0.6 is 39.1 Å². The Morgan fingerprint density at radius 3 is 1.61 bits per heavy atom. The molecular formula is C69H45BrCl2N10O12. The standard InChI is InChI=1S/C18H14N2O2.C17H9BrCl2N2O2.2C17H11N3O4/c1-19-13-9-5-3-7-11(13)17(21)15(19)16-18(22)12-8-4-6-10-14(12)20(16)2;1-6-2-4-8-10(12(6)19)16(23)14(21-8)15-17(24)11-9(22-15)5-3-7(18)13(11)20;1-8-2-4-12-10(6-8)16(21)14(18-12)15-17(22)11-7-9(20(23)24)3-5-13(11)19-15;1-8-2-4-10-12(6-8)18-14(16(10)21)15-17(22)11-5-3-9(20(23)24)7-13(11)19-15/h3-10H,1-2H3;2-5,21,23H,1H3;2-7,19,22H,1H3;2-7,18,21H,1H3/b16-15+;;;. The lowest BCUT2D eigenvalue weighted by Gasteiger charge is -2.20. The number of aromatic amines is 3. The Balaban J connectivity index is 0.000000114. The van der Waals surface area contributed by atoms with Gasteiger partial charge >= 0.3 is 0 Å². The van der Waals surface area contributed by atoms with Crippen LogP contribution in [0.1, 0.15) is 85.6 Å². The highest BCUT2D eigenvalue weighted by Gasteiger charge is 2.41. The van der Waals surface area contributed by atoms with Crippen molar-refractivity contribution in [2.75, 3.05) is 23.9 Å². The lowest BCUT2D eigenvalue weighted by Crippen LogP contribution is -2.25. The van der Waals surface area contributed by atoms with Gasteiger partial charge in [-0.25, -0.2) is 15.0 Å². The topological polar surface area (TPSA) is 323 Å². The number of aliphatic imine (C=N–C) groups is 3. The van der Waals surface area contributed by atoms with Crippen molar-refractivity contribution in [1.29, 1.82) is 0 Å². The van der Waals surface area contributed by atoms with Crippen LogP contribution in [-0.4, -0.2) is 100 Å². The van der Waals surface area contributed by atoms with Crippen molar-refractivity contribution in [1.82, 2.24) is 15.0 Å². The fourth-order valence-corrected chi connectivity index (χ4v) is 12.6. The van der Waals surface area contributed by atoms with Crippen molar-refractivity contribution >= 4 is 158 Å². The summed E-state index contributed by atoms with van der Waals surface area (Å²) >= 11 is 15.8. The van der Waals surface area contributed by atoms with Crippen LogP contribution in [0.15, 0.2) is 176 Å². The molecule has 0 atom stereocenters. The Morgan fingerprint density at radius 1 is 0.468 bits per heavy atom. The molecule has 8 heterocycles. The number of carbonyl (C=O) groups excluding carboxylic acids is 5. The second kappa shape index (κ2) is 23.2. The maximum Gasteiger partial charge on any atom is 0.271 e. The molecule has 22 nitrogen and oxygen atoms in total. The number of aromatic hydroxyl groups is 3. The highest BCUT2D eigenvalue weighted by molar-refractivity contribution is 9.10. The van der Waals surface area contributed by atoms with Crippen LogP contribution < -0.4 is 9.80 Å². The Bertz CT molecular complexity index is 5370. The van der Waals surface area contributed by atoms with Crippen LogP contribution in [0, 0.1) is 41.0 Å². The first-order valence-electron chi connectivity index (χ1n) is 28.5. The maximum absolute atomic E-state index is 12.8. The van der Waals surface area contributed by atoms with Gasteiger partial charge in [-0.2, -0.15) is 0 Å². The van der Waals surface area contributed by atoms with Crippen molar-refractivity contribution in [2.24, 2.45) is 15.0 Å². The minimum atomic E-state index is -0.540. The molecule has 0 bridgehead atoms. The molecule has 11 aromatic rings. The molecule has 0 unspecified atom stereocenters. The van der Waals surface area contributed by atoms with E-state index >= 15 is 0 Å². The van der Waals surface area contributed by atoms with Crippen molar-refractivity contribution in [3.63, 3.8) is 0 Å². The molecule has 5 aliphatic heterocycles. The Kier molecular flexibility index (Phi) is 15.1. The molecule has 0 saturated heterocycles. The molecule has 0 saturated carbocycles. The third kappa shape index (κ3) is 10.0. The number of benzene rings is 8. The molecule has 0 spiro atoms. The smallest absolute Gasteiger partial charge is 0.271 e. The zero-order chi connectivity index (χ0) is 66.6. The number of hydrogen-bond donors (Lipinski definition) is 6. The summed E-state index contributed by atoms with van der Waals surface area (Å²) in [6, 6.07) is 40.8. The van der Waals surface area contributed by atoms with E-state index < -0.39 is 9.85 Å². The van der Waals surface area contributed by atoms with Gasteiger partial charge in [-0.05, 0) is 127 Å². The van der Waals surface area contributed by atoms with Crippen molar-refractivity contribution in [2.45, 2.75) is 20.8 Å². The first-order valence-corrected chi connectivity index (χ1v) is 30.0. The minimum absolute atomic E-state index is 0.0526. The minimum Gasteiger partial charge on any atom is -0.505 e. The summed E-state index contributed by atoms with van der Waals surface area (Å²) in [6.45, 7) is 5.65. The van der Waals surface area contributed by atoms with Crippen LogP contribution in [0.25, 0.3) is 32.7 Å². The van der Waals surface area contributed by atoms with Crippen LogP contribution in [-0.2, 0) is 0 Å². The first-order chi connectivity index (χ1) is 44.9. The second-order valence-corrected chi connectivity index (χ2v) is 23.9. The predicted octanol–water partition coefficient (Wildman–Crippen LogP) is 15.2. The molecule has 6 N–H and O–H groups in total. The number of para-hydroxylation sites is 2. The molecule has 0 fully saturated rings. The number of Topliss-reactive ketones (excluding diaryl/α,β-unsaturated/α-hetero) is 5. The van der Waals surface area contributed by atoms with E-state index in [-0.39, 0.29) is 108 Å². The number of hydrogen-bond acceptors (Lipinski definition) is 17. The molecule has 464 valence electrons. The van der Waals surface area contributed by atoms with Crippen molar-refractivity contribution < 1.29 is 49.1 Å². The number of aryl methyl sites for hydroxylation is 3. The molecule has 0 radical (unpaired) electrons. The number of allylic oxidation sites excluding steroid dienone is 2. The summed E-state index contributed by atoms with van der Waals surface area (Å²) < 4.78 is 0.618. The van der Waals surface area contributed by atoms with E-state index in [0.717, 1.165) is 28.1 Å². The lowest BCUT2D eigenvalue weighted by molar-refractivity contribution is -0.384. The van der Waals surface area contributed by atoms with Crippen LogP contribution in [0.5, 0.6) is 17.2 Å². The second-order valence-electron chi connectivity index (χ2n) is 22.3. The normalized spacial score (nSPS) is 14.8. The molecule has 0 amide bonds. The number of nitrogens with one attached hydrogen (secondary N) is 3. The number of H-pyrrole nitrogens is 3. The van der Waals surface area contributed by atoms with E-state index in [1.807, 2.05) is 105 Å². The number of nitro benzene ring substituents is 2. The Morgan fingerprint density at radius 2 is 0.968 bits per heavy atom. The molecule has 5 aliphatic rings. The number of nitro groups is 2. The van der Waals surface area contributed by atoms with Gasteiger partial charge < -0.3 is 40.1 Å². The molecular weight excluding hydrogens is 1310 g/mol. The van der Waals surface area contributed by atoms with Crippen LogP contribution in [0.4, 0.5) is 39.8 Å². The van der Waals surface area contributed by atoms with Crippen LogP contribution in [0.2, 0.25) is 10.0 Å². The number of carbonyl (C=O) groups is 5. The summed E-state index contributed by atoms with van der Waals surface area (Å²) in [6.07, 6.45) is 0. The van der Waals surface area contributed by atoms with Crippen molar-refractivity contribution in [3.8, 4) is 17.2 Å². The number of anilines is 2. The number of rotatable bonds is 5. The molecule has 0 aliphatic carbocycles. The van der Waals surface area contributed by atoms with E-state index in [0.29, 0.717) is 86.9 Å². The van der Waals surface area contributed by atoms with Gasteiger partial charge in [-0.3, -0.25) is 44.2 Å². The monoisotopic (exact) mass is 1350 g/mol. The molecule has 25 heteroatoms. The maximum atomic E-state index is 12.8. The van der Waals surface area contributed by atoms with E-state index in [2.05, 4.69) is 45.9 Å². The number of likely N-dealkylation sites (N-methyl/N-ethyl adjacent to an activating group) is 2. The zero-order valence-corrected chi connectivity index (χ0v) is 52.7. The van der Waals surface area contributed by atoms with Gasteiger partial charge in [-0.1, -0.05) is 71.2 Å². The molecule has 8 aromatic carbocycles. The summed E-state index contributed by atoms with van der Waals surface area (Å²) in [5, 5.41) is 55.3. The van der Waals surface area contributed by atoms with E-state index in [9.17, 15) is 59.5 Å². The third-order valence-electron chi connectivity index (χ3n) is 16.5. The Hall–Kier alpha value is -11.7. The predicted molar refractivity (Wildman–Crippen MR) is 361 cm³/mol. The van der Waals surface area contributed by atoms with Gasteiger partial charge in [0.25, 0.3) is 11.4 Å². The van der Waals surface area contributed by atoms with Gasteiger partial charge in [0.15, 0.2) is 17.2 Å². The zero-order valence-electron chi connectivity index (χ0n) is 49.6. The number of nitrogens with zero attached hydrogens (tertiary/aromatic N) is 7. The fraction of sp³-hybridized carbons (Fsp3) is 0.0725. The first kappa shape index (κ1) is 61.2. The fourth-order valence-electron chi connectivity index (χ4n) is 11.8. The summed E-state index contributed by atoms with van der Waals surface area (Å²) in [5.74, 6) is -1.56. The van der Waals surface area contributed by atoms with E-state index in [1.165, 1.54) is 36.4 Å². The van der Waals surface area contributed by atoms with Gasteiger partial charge in [0.2, 0.25) is 28.9 Å². The third-order valence-corrected chi connectivity index (χ3v) is 18.3.